The number of nitrogens with zero attached hydrogens (tertiary/aromatic N) is 1. The second kappa shape index (κ2) is 3.74. The minimum atomic E-state index is -0.0521. The molecule has 0 radical (unpaired) electrons. The average Bonchev–Trinajstić information content (AvgIpc) is 2.72. The first-order valence-electron chi connectivity index (χ1n) is 4.54. The SMILES string of the molecule is CC1CCOC1C(N)c1cscn1. The average molecular weight is 198 g/mol. The molecule has 0 spiro atoms. The van der Waals surface area contributed by atoms with Crippen molar-refractivity contribution >= 4 is 11.3 Å². The molecule has 3 atom stereocenters. The summed E-state index contributed by atoms with van der Waals surface area (Å²) < 4.78 is 5.59. The Kier molecular flexibility index (Phi) is 2.62. The first-order chi connectivity index (χ1) is 6.29. The van der Waals surface area contributed by atoms with Crippen molar-refractivity contribution in [2.75, 3.05) is 6.61 Å². The van der Waals surface area contributed by atoms with E-state index in [4.69, 9.17) is 10.5 Å². The van der Waals surface area contributed by atoms with E-state index in [1.807, 2.05) is 10.9 Å². The number of aromatic nitrogens is 1. The molecule has 0 amide bonds. The van der Waals surface area contributed by atoms with E-state index < -0.39 is 0 Å². The van der Waals surface area contributed by atoms with Gasteiger partial charge in [-0.1, -0.05) is 6.92 Å². The van der Waals surface area contributed by atoms with E-state index in [-0.39, 0.29) is 12.1 Å². The number of hydrogen-bond acceptors (Lipinski definition) is 4. The van der Waals surface area contributed by atoms with E-state index in [0.717, 1.165) is 18.7 Å². The van der Waals surface area contributed by atoms with Crippen molar-refractivity contribution in [3.05, 3.63) is 16.6 Å². The van der Waals surface area contributed by atoms with Crippen LogP contribution in [-0.2, 0) is 4.74 Å². The number of ether oxygens (including phenoxy) is 1. The fourth-order valence-corrected chi connectivity index (χ4v) is 2.33. The van der Waals surface area contributed by atoms with Gasteiger partial charge in [-0.15, -0.1) is 11.3 Å². The smallest absolute Gasteiger partial charge is 0.0809 e. The number of nitrogens with two attached hydrogens (primary N) is 1. The molecule has 2 heterocycles. The normalized spacial score (nSPS) is 30.6. The third-order valence-electron chi connectivity index (χ3n) is 2.59. The van der Waals surface area contributed by atoms with Gasteiger partial charge >= 0.3 is 0 Å². The van der Waals surface area contributed by atoms with E-state index in [9.17, 15) is 0 Å². The van der Waals surface area contributed by atoms with E-state index >= 15 is 0 Å². The van der Waals surface area contributed by atoms with Gasteiger partial charge in [0.1, 0.15) is 0 Å². The Hall–Kier alpha value is -0.450. The van der Waals surface area contributed by atoms with E-state index in [2.05, 4.69) is 11.9 Å². The van der Waals surface area contributed by atoms with Gasteiger partial charge in [0, 0.05) is 12.0 Å². The maximum Gasteiger partial charge on any atom is 0.0809 e. The Bertz CT molecular complexity index is 263. The first kappa shape index (κ1) is 9.12. The molecule has 1 aromatic rings. The van der Waals surface area contributed by atoms with Gasteiger partial charge in [0.2, 0.25) is 0 Å². The Morgan fingerprint density at radius 1 is 1.77 bits per heavy atom. The van der Waals surface area contributed by atoms with Crippen LogP contribution in [0.5, 0.6) is 0 Å². The molecule has 2 rings (SSSR count). The van der Waals surface area contributed by atoms with Crippen LogP contribution in [0, 0.1) is 5.92 Å². The van der Waals surface area contributed by atoms with Crippen molar-refractivity contribution in [2.45, 2.75) is 25.5 Å². The Labute approximate surface area is 81.9 Å². The summed E-state index contributed by atoms with van der Waals surface area (Å²) in [5, 5.41) is 2.00. The van der Waals surface area contributed by atoms with Crippen LogP contribution in [0.2, 0.25) is 0 Å². The zero-order chi connectivity index (χ0) is 9.26. The molecule has 0 aromatic carbocycles. The quantitative estimate of drug-likeness (QED) is 0.784. The summed E-state index contributed by atoms with van der Waals surface area (Å²) >= 11 is 1.58. The topological polar surface area (TPSA) is 48.1 Å². The molecule has 1 aliphatic heterocycles. The highest BCUT2D eigenvalue weighted by atomic mass is 32.1. The molecule has 3 unspecified atom stereocenters. The lowest BCUT2D eigenvalue weighted by Crippen LogP contribution is -2.30. The second-order valence-corrected chi connectivity index (χ2v) is 4.26. The summed E-state index contributed by atoms with van der Waals surface area (Å²) in [7, 11) is 0. The highest BCUT2D eigenvalue weighted by molar-refractivity contribution is 7.07. The third kappa shape index (κ3) is 1.75. The van der Waals surface area contributed by atoms with Crippen molar-refractivity contribution in [2.24, 2.45) is 11.7 Å². The van der Waals surface area contributed by atoms with Crippen LogP contribution < -0.4 is 5.73 Å². The summed E-state index contributed by atoms with van der Waals surface area (Å²) in [5.41, 5.74) is 8.83. The predicted octanol–water partition coefficient (Wildman–Crippen LogP) is 1.57. The van der Waals surface area contributed by atoms with E-state index in [0.29, 0.717) is 5.92 Å². The van der Waals surface area contributed by atoms with Crippen molar-refractivity contribution < 1.29 is 4.74 Å². The molecule has 1 saturated heterocycles. The highest BCUT2D eigenvalue weighted by Crippen LogP contribution is 2.29. The van der Waals surface area contributed by atoms with Crippen molar-refractivity contribution in [1.29, 1.82) is 0 Å². The van der Waals surface area contributed by atoms with Gasteiger partial charge in [-0.3, -0.25) is 0 Å². The van der Waals surface area contributed by atoms with E-state index in [1.165, 1.54) is 0 Å². The number of hydrogen-bond donors (Lipinski definition) is 1. The molecule has 1 fully saturated rings. The van der Waals surface area contributed by atoms with Crippen LogP contribution in [0.4, 0.5) is 0 Å². The van der Waals surface area contributed by atoms with Crippen LogP contribution in [0.25, 0.3) is 0 Å². The fraction of sp³-hybridized carbons (Fsp3) is 0.667. The molecule has 4 heteroatoms. The van der Waals surface area contributed by atoms with Gasteiger partial charge in [0.25, 0.3) is 0 Å². The van der Waals surface area contributed by atoms with Gasteiger partial charge in [0.15, 0.2) is 0 Å². The van der Waals surface area contributed by atoms with Gasteiger partial charge in [-0.2, -0.15) is 0 Å². The molecule has 72 valence electrons. The Morgan fingerprint density at radius 2 is 2.62 bits per heavy atom. The van der Waals surface area contributed by atoms with Gasteiger partial charge in [0.05, 0.1) is 23.4 Å². The minimum Gasteiger partial charge on any atom is -0.376 e. The van der Waals surface area contributed by atoms with Crippen LogP contribution in [-0.4, -0.2) is 17.7 Å². The highest BCUT2D eigenvalue weighted by Gasteiger charge is 2.31. The summed E-state index contributed by atoms with van der Waals surface area (Å²) in [4.78, 5) is 4.21. The minimum absolute atomic E-state index is 0.0521. The van der Waals surface area contributed by atoms with E-state index in [1.54, 1.807) is 11.3 Å². The fourth-order valence-electron chi connectivity index (χ4n) is 1.73. The van der Waals surface area contributed by atoms with Gasteiger partial charge in [-0.25, -0.2) is 4.98 Å². The zero-order valence-corrected chi connectivity index (χ0v) is 8.46. The maximum atomic E-state index is 6.05. The van der Waals surface area contributed by atoms with Gasteiger partial charge < -0.3 is 10.5 Å². The molecule has 3 nitrogen and oxygen atoms in total. The van der Waals surface area contributed by atoms with Crippen molar-refractivity contribution in [3.63, 3.8) is 0 Å². The Balaban J connectivity index is 2.08. The molecule has 0 saturated carbocycles. The number of thiazole rings is 1. The molecule has 1 aliphatic rings. The van der Waals surface area contributed by atoms with Gasteiger partial charge in [-0.05, 0) is 12.3 Å². The number of rotatable bonds is 2. The maximum absolute atomic E-state index is 6.05. The molecular formula is C9H14N2OS. The largest absolute Gasteiger partial charge is 0.376 e. The van der Waals surface area contributed by atoms with Crippen LogP contribution in [0.15, 0.2) is 10.9 Å². The predicted molar refractivity (Wildman–Crippen MR) is 52.6 cm³/mol. The molecule has 13 heavy (non-hydrogen) atoms. The molecule has 0 bridgehead atoms. The monoisotopic (exact) mass is 198 g/mol. The lowest BCUT2D eigenvalue weighted by molar-refractivity contribution is 0.0715. The lowest BCUT2D eigenvalue weighted by Gasteiger charge is -2.20. The van der Waals surface area contributed by atoms with Crippen molar-refractivity contribution in [1.82, 2.24) is 4.98 Å². The van der Waals surface area contributed by atoms with Crippen LogP contribution in [0.1, 0.15) is 25.1 Å². The summed E-state index contributed by atoms with van der Waals surface area (Å²) in [6, 6.07) is -0.0521. The van der Waals surface area contributed by atoms with Crippen LogP contribution >= 0.6 is 11.3 Å². The third-order valence-corrected chi connectivity index (χ3v) is 3.20. The Morgan fingerprint density at radius 3 is 3.15 bits per heavy atom. The first-order valence-corrected chi connectivity index (χ1v) is 5.48. The molecule has 1 aromatic heterocycles. The summed E-state index contributed by atoms with van der Waals surface area (Å²) in [6.07, 6.45) is 1.27. The van der Waals surface area contributed by atoms with Crippen LogP contribution in [0.3, 0.4) is 0 Å². The molecular weight excluding hydrogens is 184 g/mol. The zero-order valence-electron chi connectivity index (χ0n) is 7.64. The summed E-state index contributed by atoms with van der Waals surface area (Å²) in [5.74, 6) is 0.552. The molecule has 0 aliphatic carbocycles. The molecule has 2 N–H and O–H groups in total. The van der Waals surface area contributed by atoms with Crippen molar-refractivity contribution in [3.8, 4) is 0 Å². The second-order valence-electron chi connectivity index (χ2n) is 3.54. The summed E-state index contributed by atoms with van der Waals surface area (Å²) in [6.45, 7) is 3.02. The lowest BCUT2D eigenvalue weighted by atomic mass is 9.97. The standard InChI is InChI=1S/C9H14N2OS/c1-6-2-3-12-9(6)8(10)7-4-13-5-11-7/h4-6,8-9H,2-3,10H2,1H3.